The summed E-state index contributed by atoms with van der Waals surface area (Å²) in [6.07, 6.45) is 1.63. The highest BCUT2D eigenvalue weighted by Gasteiger charge is 2.34. The van der Waals surface area contributed by atoms with Crippen molar-refractivity contribution in [3.05, 3.63) is 82.2 Å². The van der Waals surface area contributed by atoms with Crippen LogP contribution in [0.25, 0.3) is 17.4 Å². The van der Waals surface area contributed by atoms with E-state index in [1.807, 2.05) is 32.0 Å². The van der Waals surface area contributed by atoms with Gasteiger partial charge in [-0.05, 0) is 85.3 Å². The number of rotatable bonds is 3. The molecule has 1 amide bonds. The molecule has 3 aromatic rings. The number of hydrogen-bond donors (Lipinski definition) is 1. The molecule has 6 heteroatoms. The zero-order valence-electron chi connectivity index (χ0n) is 15.3. The lowest BCUT2D eigenvalue weighted by atomic mass is 10.1. The largest absolute Gasteiger partial charge is 0.457 e. The zero-order valence-corrected chi connectivity index (χ0v) is 16.1. The molecule has 4 rings (SSSR count). The van der Waals surface area contributed by atoms with Gasteiger partial charge in [0.25, 0.3) is 5.91 Å². The van der Waals surface area contributed by atoms with Gasteiger partial charge in [0, 0.05) is 11.6 Å². The van der Waals surface area contributed by atoms with Crippen LogP contribution in [0.1, 0.15) is 16.9 Å². The third-order valence-corrected chi connectivity index (χ3v) is 5.49. The van der Waals surface area contributed by atoms with Crippen LogP contribution >= 0.6 is 11.8 Å². The summed E-state index contributed by atoms with van der Waals surface area (Å²) < 4.78 is 18.9. The number of carbonyl (C=O) groups is 1. The highest BCUT2D eigenvalue weighted by atomic mass is 32.2. The lowest BCUT2D eigenvalue weighted by molar-refractivity contribution is -0.113. The van der Waals surface area contributed by atoms with E-state index in [1.165, 1.54) is 17.0 Å². The number of benzene rings is 2. The van der Waals surface area contributed by atoms with Crippen molar-refractivity contribution in [2.45, 2.75) is 13.8 Å². The summed E-state index contributed by atoms with van der Waals surface area (Å²) in [7, 11) is 0. The van der Waals surface area contributed by atoms with Crippen LogP contribution < -0.4 is 4.90 Å². The van der Waals surface area contributed by atoms with Crippen molar-refractivity contribution in [3.8, 4) is 11.3 Å². The van der Waals surface area contributed by atoms with Gasteiger partial charge in [0.2, 0.25) is 0 Å². The fourth-order valence-electron chi connectivity index (χ4n) is 2.92. The topological polar surface area (TPSA) is 57.3 Å². The first-order valence-corrected chi connectivity index (χ1v) is 9.49. The lowest BCUT2D eigenvalue weighted by Gasteiger charge is -2.15. The number of halogens is 1. The van der Waals surface area contributed by atoms with E-state index in [4.69, 9.17) is 9.83 Å². The molecule has 1 fully saturated rings. The van der Waals surface area contributed by atoms with E-state index >= 15 is 0 Å². The maximum Gasteiger partial charge on any atom is 0.271 e. The van der Waals surface area contributed by atoms with Crippen LogP contribution in [0.5, 0.6) is 0 Å². The molecule has 2 heterocycles. The minimum absolute atomic E-state index is 0.157. The van der Waals surface area contributed by atoms with E-state index in [1.54, 1.807) is 30.3 Å². The van der Waals surface area contributed by atoms with Crippen LogP contribution in [0.3, 0.4) is 0 Å². The number of furan rings is 1. The average molecular weight is 392 g/mol. The monoisotopic (exact) mass is 392 g/mol. The Kier molecular flexibility index (Phi) is 4.65. The fourth-order valence-corrected chi connectivity index (χ4v) is 3.76. The van der Waals surface area contributed by atoms with Crippen molar-refractivity contribution in [3.63, 3.8) is 0 Å². The minimum atomic E-state index is -0.310. The summed E-state index contributed by atoms with van der Waals surface area (Å²) in [6, 6.07) is 15.2. The second-order valence-corrected chi connectivity index (χ2v) is 7.56. The van der Waals surface area contributed by atoms with E-state index in [0.29, 0.717) is 22.1 Å². The molecule has 2 aromatic carbocycles. The SMILES string of the molecule is Cc1ccc(N2C(=N)SC(=Cc3ccc(-c4ccc(F)cc4)o3)C2=O)cc1C. The van der Waals surface area contributed by atoms with Gasteiger partial charge in [-0.2, -0.15) is 0 Å². The Morgan fingerprint density at radius 3 is 2.50 bits per heavy atom. The Morgan fingerprint density at radius 2 is 1.79 bits per heavy atom. The molecule has 0 saturated carbocycles. The van der Waals surface area contributed by atoms with Gasteiger partial charge in [0.15, 0.2) is 5.17 Å². The maximum atomic E-state index is 13.1. The predicted octanol–water partition coefficient (Wildman–Crippen LogP) is 5.76. The Labute approximate surface area is 166 Å². The van der Waals surface area contributed by atoms with E-state index in [-0.39, 0.29) is 16.9 Å². The summed E-state index contributed by atoms with van der Waals surface area (Å²) in [5, 5.41) is 8.37. The normalized spacial score (nSPS) is 15.7. The molecule has 1 aliphatic rings. The van der Waals surface area contributed by atoms with Crippen LogP contribution in [-0.2, 0) is 4.79 Å². The van der Waals surface area contributed by atoms with Crippen molar-refractivity contribution < 1.29 is 13.6 Å². The van der Waals surface area contributed by atoms with Crippen molar-refractivity contribution in [1.29, 1.82) is 5.41 Å². The Morgan fingerprint density at radius 1 is 1.04 bits per heavy atom. The maximum absolute atomic E-state index is 13.1. The highest BCUT2D eigenvalue weighted by molar-refractivity contribution is 8.19. The standard InChI is InChI=1S/C22H17FN2O2S/c1-13-3-8-17(11-14(13)2)25-21(26)20(28-22(25)24)12-18-9-10-19(27-18)15-4-6-16(23)7-5-15/h3-12,24H,1-2H3. The van der Waals surface area contributed by atoms with E-state index in [0.717, 1.165) is 28.5 Å². The second-order valence-electron chi connectivity index (χ2n) is 6.53. The number of nitrogens with one attached hydrogen (secondary N) is 1. The highest BCUT2D eigenvalue weighted by Crippen LogP contribution is 2.36. The average Bonchev–Trinajstić information content (AvgIpc) is 3.23. The summed E-state index contributed by atoms with van der Waals surface area (Å²) in [4.78, 5) is 14.7. The van der Waals surface area contributed by atoms with Gasteiger partial charge in [0.1, 0.15) is 17.3 Å². The van der Waals surface area contributed by atoms with Gasteiger partial charge in [-0.1, -0.05) is 6.07 Å². The summed E-state index contributed by atoms with van der Waals surface area (Å²) in [5.41, 5.74) is 3.63. The first-order chi connectivity index (χ1) is 13.4. The first-order valence-electron chi connectivity index (χ1n) is 8.68. The number of aryl methyl sites for hydroxylation is 2. The lowest BCUT2D eigenvalue weighted by Crippen LogP contribution is -2.28. The molecule has 28 heavy (non-hydrogen) atoms. The molecule has 0 aliphatic carbocycles. The van der Waals surface area contributed by atoms with Crippen LogP contribution in [0.15, 0.2) is 63.9 Å². The number of amidine groups is 1. The molecule has 0 spiro atoms. The van der Waals surface area contributed by atoms with E-state index in [2.05, 4.69) is 0 Å². The molecule has 1 aliphatic heterocycles. The van der Waals surface area contributed by atoms with Crippen molar-refractivity contribution in [2.75, 3.05) is 4.90 Å². The van der Waals surface area contributed by atoms with Gasteiger partial charge in [-0.25, -0.2) is 4.39 Å². The Balaban J connectivity index is 1.61. The van der Waals surface area contributed by atoms with Gasteiger partial charge >= 0.3 is 0 Å². The van der Waals surface area contributed by atoms with E-state index < -0.39 is 0 Å². The fraction of sp³-hybridized carbons (Fsp3) is 0.0909. The van der Waals surface area contributed by atoms with Gasteiger partial charge < -0.3 is 4.42 Å². The zero-order chi connectivity index (χ0) is 19.8. The van der Waals surface area contributed by atoms with Crippen molar-refractivity contribution in [1.82, 2.24) is 0 Å². The first kappa shape index (κ1) is 18.3. The molecular formula is C22H17FN2O2S. The smallest absolute Gasteiger partial charge is 0.271 e. The second kappa shape index (κ2) is 7.13. The number of anilines is 1. The van der Waals surface area contributed by atoms with Gasteiger partial charge in [-0.15, -0.1) is 0 Å². The third kappa shape index (κ3) is 3.39. The number of amides is 1. The molecule has 1 saturated heterocycles. The number of nitrogens with zero attached hydrogens (tertiary/aromatic N) is 1. The van der Waals surface area contributed by atoms with Gasteiger partial charge in [-0.3, -0.25) is 15.1 Å². The molecule has 0 unspecified atom stereocenters. The number of thioether (sulfide) groups is 1. The molecule has 1 aromatic heterocycles. The molecule has 0 atom stereocenters. The summed E-state index contributed by atoms with van der Waals surface area (Å²) in [5.74, 6) is 0.529. The Hall–Kier alpha value is -3.12. The molecule has 4 nitrogen and oxygen atoms in total. The van der Waals surface area contributed by atoms with Gasteiger partial charge in [0.05, 0.1) is 10.6 Å². The number of hydrogen-bond acceptors (Lipinski definition) is 4. The number of carbonyl (C=O) groups excluding carboxylic acids is 1. The summed E-state index contributed by atoms with van der Waals surface area (Å²) >= 11 is 1.10. The predicted molar refractivity (Wildman–Crippen MR) is 111 cm³/mol. The summed E-state index contributed by atoms with van der Waals surface area (Å²) in [6.45, 7) is 3.98. The Bertz CT molecular complexity index is 1120. The third-order valence-electron chi connectivity index (χ3n) is 4.60. The quantitative estimate of drug-likeness (QED) is 0.577. The van der Waals surface area contributed by atoms with E-state index in [9.17, 15) is 9.18 Å². The van der Waals surface area contributed by atoms with Crippen molar-refractivity contribution >= 4 is 34.6 Å². The van der Waals surface area contributed by atoms with Crippen LogP contribution in [-0.4, -0.2) is 11.1 Å². The van der Waals surface area contributed by atoms with Crippen LogP contribution in [0, 0.1) is 25.1 Å². The van der Waals surface area contributed by atoms with Crippen molar-refractivity contribution in [2.24, 2.45) is 0 Å². The minimum Gasteiger partial charge on any atom is -0.457 e. The molecular weight excluding hydrogens is 375 g/mol. The van der Waals surface area contributed by atoms with Crippen LogP contribution in [0.2, 0.25) is 0 Å². The van der Waals surface area contributed by atoms with Crippen LogP contribution in [0.4, 0.5) is 10.1 Å². The molecule has 0 bridgehead atoms. The molecule has 0 radical (unpaired) electrons. The molecule has 1 N–H and O–H groups in total. The molecule has 140 valence electrons.